The van der Waals surface area contributed by atoms with Crippen LogP contribution in [0.2, 0.25) is 0 Å². The molecule has 1 aromatic carbocycles. The van der Waals surface area contributed by atoms with E-state index >= 15 is 0 Å². The Hall–Kier alpha value is -3.10. The van der Waals surface area contributed by atoms with Crippen LogP contribution < -0.4 is 21.7 Å². The molecule has 0 aliphatic heterocycles. The average Bonchev–Trinajstić information content (AvgIpc) is 2.64. The van der Waals surface area contributed by atoms with Crippen molar-refractivity contribution in [3.05, 3.63) is 35.9 Å². The normalized spacial score (nSPS) is 12.6. The summed E-state index contributed by atoms with van der Waals surface area (Å²) in [5.74, 6) is -1.69. The van der Waals surface area contributed by atoms with E-state index < -0.39 is 36.4 Å². The van der Waals surface area contributed by atoms with Crippen LogP contribution in [0.25, 0.3) is 0 Å². The summed E-state index contributed by atoms with van der Waals surface area (Å²) in [6, 6.07) is 6.94. The summed E-state index contributed by atoms with van der Waals surface area (Å²) in [6.07, 6.45) is -0.896. The van der Waals surface area contributed by atoms with Gasteiger partial charge in [0.15, 0.2) is 0 Å². The Morgan fingerprint density at radius 1 is 1.00 bits per heavy atom. The van der Waals surface area contributed by atoms with Crippen molar-refractivity contribution in [1.82, 2.24) is 16.0 Å². The number of carbonyl (C=O) groups excluding carboxylic acids is 4. The third-order valence-electron chi connectivity index (χ3n) is 3.81. The molecule has 4 amide bonds. The van der Waals surface area contributed by atoms with E-state index in [9.17, 15) is 19.2 Å². The first-order chi connectivity index (χ1) is 13.2. The lowest BCUT2D eigenvalue weighted by atomic mass is 10.0. The second-order valence-electron chi connectivity index (χ2n) is 6.73. The summed E-state index contributed by atoms with van der Waals surface area (Å²) >= 11 is 0. The fourth-order valence-electron chi connectivity index (χ4n) is 2.47. The molecule has 1 rings (SSSR count). The van der Waals surface area contributed by atoms with Gasteiger partial charge >= 0.3 is 6.09 Å². The minimum atomic E-state index is -1.25. The lowest BCUT2D eigenvalue weighted by molar-refractivity contribution is -0.131. The van der Waals surface area contributed by atoms with Crippen molar-refractivity contribution in [2.24, 2.45) is 11.7 Å². The number of rotatable bonds is 10. The molecule has 1 aromatic rings. The van der Waals surface area contributed by atoms with Crippen LogP contribution in [0, 0.1) is 5.92 Å². The standard InChI is InChI=1S/C19H28N4O5/c1-12(2)9-14(17(25)21-3)22-18(26)15(10-16(20)24)23-19(27)28-11-13-7-5-4-6-8-13/h4-8,12,14-15H,9-11H2,1-3H3,(H2,20,24)(H,21,25)(H,22,26)(H,23,27)/t14-,15+/m1/s1. The quantitative estimate of drug-likeness (QED) is 0.457. The highest BCUT2D eigenvalue weighted by molar-refractivity contribution is 5.93. The number of benzene rings is 1. The molecule has 9 heteroatoms. The summed E-state index contributed by atoms with van der Waals surface area (Å²) in [5.41, 5.74) is 5.95. The molecule has 0 saturated carbocycles. The van der Waals surface area contributed by atoms with Crippen LogP contribution in [-0.4, -0.2) is 42.9 Å². The number of primary amides is 1. The summed E-state index contributed by atoms with van der Waals surface area (Å²) < 4.78 is 5.07. The van der Waals surface area contributed by atoms with Crippen molar-refractivity contribution in [3.8, 4) is 0 Å². The SMILES string of the molecule is CNC(=O)[C@@H](CC(C)C)NC(=O)[C@H](CC(N)=O)NC(=O)OCc1ccccc1. The minimum absolute atomic E-state index is 0.00575. The third kappa shape index (κ3) is 8.52. The van der Waals surface area contributed by atoms with Gasteiger partial charge in [0, 0.05) is 7.05 Å². The highest BCUT2D eigenvalue weighted by Gasteiger charge is 2.28. The van der Waals surface area contributed by atoms with Crippen LogP contribution in [0.5, 0.6) is 0 Å². The van der Waals surface area contributed by atoms with Crippen LogP contribution in [0.1, 0.15) is 32.3 Å². The Bertz CT molecular complexity index is 678. The van der Waals surface area contributed by atoms with E-state index in [1.807, 2.05) is 19.9 Å². The largest absolute Gasteiger partial charge is 0.445 e. The Balaban J connectivity index is 2.73. The zero-order chi connectivity index (χ0) is 21.1. The number of carbonyl (C=O) groups is 4. The number of ether oxygens (including phenoxy) is 1. The molecule has 0 aliphatic rings. The maximum atomic E-state index is 12.5. The van der Waals surface area contributed by atoms with Crippen molar-refractivity contribution in [3.63, 3.8) is 0 Å². The van der Waals surface area contributed by atoms with Gasteiger partial charge in [0.2, 0.25) is 17.7 Å². The van der Waals surface area contributed by atoms with Gasteiger partial charge in [0.05, 0.1) is 6.42 Å². The van der Waals surface area contributed by atoms with Crippen molar-refractivity contribution >= 4 is 23.8 Å². The third-order valence-corrected chi connectivity index (χ3v) is 3.81. The molecule has 0 unspecified atom stereocenters. The van der Waals surface area contributed by atoms with Gasteiger partial charge < -0.3 is 26.4 Å². The smallest absolute Gasteiger partial charge is 0.408 e. The monoisotopic (exact) mass is 392 g/mol. The molecule has 2 atom stereocenters. The molecular weight excluding hydrogens is 364 g/mol. The van der Waals surface area contributed by atoms with Crippen LogP contribution in [-0.2, 0) is 25.7 Å². The number of likely N-dealkylation sites (N-methyl/N-ethyl adjacent to an activating group) is 1. The van der Waals surface area contributed by atoms with Gasteiger partial charge in [-0.25, -0.2) is 4.79 Å². The van der Waals surface area contributed by atoms with Gasteiger partial charge in [-0.15, -0.1) is 0 Å². The van der Waals surface area contributed by atoms with Gasteiger partial charge in [-0.3, -0.25) is 14.4 Å². The minimum Gasteiger partial charge on any atom is -0.445 e. The van der Waals surface area contributed by atoms with Gasteiger partial charge in [-0.05, 0) is 17.9 Å². The molecule has 0 saturated heterocycles. The molecule has 154 valence electrons. The van der Waals surface area contributed by atoms with E-state index in [1.54, 1.807) is 24.3 Å². The zero-order valence-corrected chi connectivity index (χ0v) is 16.4. The van der Waals surface area contributed by atoms with E-state index in [1.165, 1.54) is 7.05 Å². The van der Waals surface area contributed by atoms with E-state index in [0.717, 1.165) is 5.56 Å². The highest BCUT2D eigenvalue weighted by atomic mass is 16.5. The number of hydrogen-bond acceptors (Lipinski definition) is 5. The Morgan fingerprint density at radius 3 is 2.18 bits per heavy atom. The van der Waals surface area contributed by atoms with E-state index in [4.69, 9.17) is 10.5 Å². The van der Waals surface area contributed by atoms with E-state index in [0.29, 0.717) is 6.42 Å². The molecule has 0 spiro atoms. The predicted molar refractivity (Wildman–Crippen MR) is 103 cm³/mol. The van der Waals surface area contributed by atoms with Crippen LogP contribution >= 0.6 is 0 Å². The Labute approximate surface area is 164 Å². The molecule has 0 fully saturated rings. The van der Waals surface area contributed by atoms with E-state index in [-0.39, 0.29) is 18.4 Å². The molecule has 0 aliphatic carbocycles. The number of nitrogens with two attached hydrogens (primary N) is 1. The molecule has 0 heterocycles. The van der Waals surface area contributed by atoms with Crippen molar-refractivity contribution in [1.29, 1.82) is 0 Å². The maximum absolute atomic E-state index is 12.5. The van der Waals surface area contributed by atoms with Crippen LogP contribution in [0.4, 0.5) is 4.79 Å². The first-order valence-electron chi connectivity index (χ1n) is 9.00. The lowest BCUT2D eigenvalue weighted by Crippen LogP contribution is -2.54. The second kappa shape index (κ2) is 11.6. The van der Waals surface area contributed by atoms with Gasteiger partial charge in [0.1, 0.15) is 18.7 Å². The molecular formula is C19H28N4O5. The lowest BCUT2D eigenvalue weighted by Gasteiger charge is -2.23. The fraction of sp³-hybridized carbons (Fsp3) is 0.474. The topological polar surface area (TPSA) is 140 Å². The van der Waals surface area contributed by atoms with Gasteiger partial charge in [-0.2, -0.15) is 0 Å². The first-order valence-corrected chi connectivity index (χ1v) is 9.00. The van der Waals surface area contributed by atoms with Crippen molar-refractivity contribution in [2.45, 2.75) is 45.4 Å². The maximum Gasteiger partial charge on any atom is 0.408 e. The molecule has 9 nitrogen and oxygen atoms in total. The number of hydrogen-bond donors (Lipinski definition) is 4. The molecule has 28 heavy (non-hydrogen) atoms. The number of alkyl carbamates (subject to hydrolysis) is 1. The molecule has 0 radical (unpaired) electrons. The van der Waals surface area contributed by atoms with E-state index in [2.05, 4.69) is 16.0 Å². The first kappa shape index (κ1) is 22.9. The average molecular weight is 392 g/mol. The number of nitrogens with one attached hydrogen (secondary N) is 3. The fourth-order valence-corrected chi connectivity index (χ4v) is 2.47. The highest BCUT2D eigenvalue weighted by Crippen LogP contribution is 2.06. The second-order valence-corrected chi connectivity index (χ2v) is 6.73. The van der Waals surface area contributed by atoms with Crippen LogP contribution in [0.15, 0.2) is 30.3 Å². The number of amides is 4. The molecule has 0 bridgehead atoms. The summed E-state index contributed by atoms with van der Waals surface area (Å²) in [7, 11) is 1.46. The summed E-state index contributed by atoms with van der Waals surface area (Å²) in [6.45, 7) is 3.82. The zero-order valence-electron chi connectivity index (χ0n) is 16.4. The van der Waals surface area contributed by atoms with Gasteiger partial charge in [0.25, 0.3) is 0 Å². The Morgan fingerprint density at radius 2 is 1.64 bits per heavy atom. The Kier molecular flexibility index (Phi) is 9.49. The molecule has 5 N–H and O–H groups in total. The van der Waals surface area contributed by atoms with Crippen LogP contribution in [0.3, 0.4) is 0 Å². The predicted octanol–water partition coefficient (Wildman–Crippen LogP) is 0.434. The summed E-state index contributed by atoms with van der Waals surface area (Å²) in [5, 5.41) is 7.36. The van der Waals surface area contributed by atoms with Gasteiger partial charge in [-0.1, -0.05) is 44.2 Å². The molecule has 0 aromatic heterocycles. The van der Waals surface area contributed by atoms with Crippen molar-refractivity contribution in [2.75, 3.05) is 7.05 Å². The van der Waals surface area contributed by atoms with Crippen molar-refractivity contribution < 1.29 is 23.9 Å². The summed E-state index contributed by atoms with van der Waals surface area (Å²) in [4.78, 5) is 47.8.